The minimum Gasteiger partial charge on any atom is -0.373 e. The molecule has 1 nitrogen and oxygen atoms in total. The van der Waals surface area contributed by atoms with Crippen LogP contribution in [0.25, 0.3) is 0 Å². The fourth-order valence-corrected chi connectivity index (χ4v) is 4.91. The molecule has 0 unspecified atom stereocenters. The van der Waals surface area contributed by atoms with E-state index in [0.29, 0.717) is 17.0 Å². The second kappa shape index (κ2) is 11.2. The maximum atomic E-state index is 6.08. The van der Waals surface area contributed by atoms with E-state index in [1.165, 1.54) is 75.0 Å². The van der Waals surface area contributed by atoms with Crippen molar-refractivity contribution < 1.29 is 4.74 Å². The van der Waals surface area contributed by atoms with Crippen molar-refractivity contribution in [3.8, 4) is 0 Å². The van der Waals surface area contributed by atoms with Crippen LogP contribution in [-0.2, 0) is 15.6 Å². The van der Waals surface area contributed by atoms with E-state index in [0.717, 1.165) is 6.61 Å². The molecular weight excluding hydrogens is 240 g/mol. The Morgan fingerprint density at radius 1 is 0.889 bits per heavy atom. The van der Waals surface area contributed by atoms with E-state index < -0.39 is 0 Å². The predicted octanol–water partition coefficient (Wildman–Crippen LogP) is 4.55. The number of hydrogen-bond acceptors (Lipinski definition) is 1. The SMILES string of the molecule is CCCC[S+](CCCC)CCOC1CCCCC1. The van der Waals surface area contributed by atoms with Gasteiger partial charge in [-0.25, -0.2) is 0 Å². The summed E-state index contributed by atoms with van der Waals surface area (Å²) < 4.78 is 6.08. The van der Waals surface area contributed by atoms with Crippen LogP contribution >= 0.6 is 0 Å². The second-order valence-corrected chi connectivity index (χ2v) is 8.01. The highest BCUT2D eigenvalue weighted by Crippen LogP contribution is 2.20. The third-order valence-electron chi connectivity index (χ3n) is 3.85. The zero-order valence-corrected chi connectivity index (χ0v) is 13.4. The molecule has 0 atom stereocenters. The van der Waals surface area contributed by atoms with E-state index in [4.69, 9.17) is 4.74 Å². The first-order valence-electron chi connectivity index (χ1n) is 8.12. The van der Waals surface area contributed by atoms with Crippen molar-refractivity contribution in [3.63, 3.8) is 0 Å². The van der Waals surface area contributed by atoms with Crippen molar-refractivity contribution >= 4 is 10.9 Å². The zero-order chi connectivity index (χ0) is 13.1. The Balaban J connectivity index is 2.10. The average Bonchev–Trinajstić information content (AvgIpc) is 2.42. The first-order chi connectivity index (χ1) is 8.86. The van der Waals surface area contributed by atoms with Gasteiger partial charge in [-0.05, 0) is 36.6 Å². The van der Waals surface area contributed by atoms with E-state index in [1.54, 1.807) is 0 Å². The lowest BCUT2D eigenvalue weighted by Gasteiger charge is -2.21. The lowest BCUT2D eigenvalue weighted by molar-refractivity contribution is 0.0383. The second-order valence-electron chi connectivity index (χ2n) is 5.56. The van der Waals surface area contributed by atoms with Crippen molar-refractivity contribution in [2.45, 2.75) is 77.7 Å². The summed E-state index contributed by atoms with van der Waals surface area (Å²) in [6, 6.07) is 0. The van der Waals surface area contributed by atoms with Crippen LogP contribution < -0.4 is 0 Å². The summed E-state index contributed by atoms with van der Waals surface area (Å²) in [5.74, 6) is 4.23. The molecule has 0 aliphatic heterocycles. The quantitative estimate of drug-likeness (QED) is 0.530. The summed E-state index contributed by atoms with van der Waals surface area (Å²) in [6.45, 7) is 5.64. The van der Waals surface area contributed by atoms with Gasteiger partial charge in [0.1, 0.15) is 17.3 Å². The Morgan fingerprint density at radius 3 is 2.06 bits per heavy atom. The van der Waals surface area contributed by atoms with Crippen LogP contribution in [0, 0.1) is 0 Å². The van der Waals surface area contributed by atoms with Gasteiger partial charge in [-0.1, -0.05) is 46.0 Å². The van der Waals surface area contributed by atoms with Crippen molar-refractivity contribution in [2.75, 3.05) is 23.9 Å². The Bertz CT molecular complexity index is 170. The Morgan fingerprint density at radius 2 is 1.50 bits per heavy atom. The number of ether oxygens (including phenoxy) is 1. The van der Waals surface area contributed by atoms with E-state index in [1.807, 2.05) is 0 Å². The first kappa shape index (κ1) is 16.4. The number of unbranched alkanes of at least 4 members (excludes halogenated alkanes) is 2. The molecule has 0 spiro atoms. The van der Waals surface area contributed by atoms with Crippen LogP contribution in [0.5, 0.6) is 0 Å². The molecule has 0 radical (unpaired) electrons. The Kier molecular flexibility index (Phi) is 10.1. The van der Waals surface area contributed by atoms with E-state index >= 15 is 0 Å². The molecule has 0 aromatic carbocycles. The first-order valence-corrected chi connectivity index (χ1v) is 9.85. The molecular formula is C16H33OS+. The molecule has 0 aromatic heterocycles. The highest BCUT2D eigenvalue weighted by Gasteiger charge is 2.19. The Labute approximate surface area is 117 Å². The van der Waals surface area contributed by atoms with Crippen molar-refractivity contribution in [1.82, 2.24) is 0 Å². The maximum Gasteiger partial charge on any atom is 0.131 e. The van der Waals surface area contributed by atoms with Crippen molar-refractivity contribution in [3.05, 3.63) is 0 Å². The topological polar surface area (TPSA) is 9.23 Å². The van der Waals surface area contributed by atoms with Crippen LogP contribution in [0.4, 0.5) is 0 Å². The smallest absolute Gasteiger partial charge is 0.131 e. The van der Waals surface area contributed by atoms with Crippen molar-refractivity contribution in [1.29, 1.82) is 0 Å². The molecule has 0 bridgehead atoms. The molecule has 0 N–H and O–H groups in total. The summed E-state index contributed by atoms with van der Waals surface area (Å²) in [5.41, 5.74) is 0. The van der Waals surface area contributed by atoms with Gasteiger partial charge < -0.3 is 4.74 Å². The highest BCUT2D eigenvalue weighted by atomic mass is 32.2. The van der Waals surface area contributed by atoms with Crippen LogP contribution in [0.1, 0.15) is 71.6 Å². The summed E-state index contributed by atoms with van der Waals surface area (Å²) in [4.78, 5) is 0. The zero-order valence-electron chi connectivity index (χ0n) is 12.6. The fourth-order valence-electron chi connectivity index (χ4n) is 2.57. The third kappa shape index (κ3) is 7.68. The Hall–Kier alpha value is 0.310. The molecule has 1 aliphatic carbocycles. The normalized spacial score (nSPS) is 17.5. The van der Waals surface area contributed by atoms with Gasteiger partial charge in [-0.2, -0.15) is 0 Å². The molecule has 0 amide bonds. The van der Waals surface area contributed by atoms with Gasteiger partial charge in [0.05, 0.1) is 12.7 Å². The lowest BCUT2D eigenvalue weighted by Crippen LogP contribution is -2.24. The van der Waals surface area contributed by atoms with Gasteiger partial charge in [0.25, 0.3) is 0 Å². The highest BCUT2D eigenvalue weighted by molar-refractivity contribution is 7.96. The molecule has 1 rings (SSSR count). The number of rotatable bonds is 10. The minimum atomic E-state index is 0.599. The molecule has 0 aromatic rings. The third-order valence-corrected chi connectivity index (χ3v) is 6.33. The van der Waals surface area contributed by atoms with Gasteiger partial charge >= 0.3 is 0 Å². The minimum absolute atomic E-state index is 0.599. The van der Waals surface area contributed by atoms with E-state index in [-0.39, 0.29) is 0 Å². The average molecular weight is 274 g/mol. The van der Waals surface area contributed by atoms with Gasteiger partial charge in [0.2, 0.25) is 0 Å². The van der Waals surface area contributed by atoms with Crippen LogP contribution in [0.15, 0.2) is 0 Å². The van der Waals surface area contributed by atoms with Crippen molar-refractivity contribution in [2.24, 2.45) is 0 Å². The molecule has 0 heterocycles. The van der Waals surface area contributed by atoms with Crippen LogP contribution in [0.3, 0.4) is 0 Å². The fraction of sp³-hybridized carbons (Fsp3) is 1.00. The monoisotopic (exact) mass is 273 g/mol. The van der Waals surface area contributed by atoms with E-state index in [9.17, 15) is 0 Å². The van der Waals surface area contributed by atoms with E-state index in [2.05, 4.69) is 13.8 Å². The van der Waals surface area contributed by atoms with Gasteiger partial charge in [0, 0.05) is 0 Å². The summed E-state index contributed by atoms with van der Waals surface area (Å²) >= 11 is 0. The summed E-state index contributed by atoms with van der Waals surface area (Å²) in [7, 11) is 0.646. The number of hydrogen-bond donors (Lipinski definition) is 0. The molecule has 0 saturated heterocycles. The molecule has 2 heteroatoms. The van der Waals surface area contributed by atoms with Gasteiger partial charge in [-0.3, -0.25) is 0 Å². The lowest BCUT2D eigenvalue weighted by atomic mass is 9.98. The molecule has 1 aliphatic rings. The maximum absolute atomic E-state index is 6.08. The van der Waals surface area contributed by atoms with Crippen LogP contribution in [0.2, 0.25) is 0 Å². The summed E-state index contributed by atoms with van der Waals surface area (Å²) in [6.07, 6.45) is 13.0. The predicted molar refractivity (Wildman–Crippen MR) is 84.6 cm³/mol. The molecule has 108 valence electrons. The van der Waals surface area contributed by atoms with Gasteiger partial charge in [-0.15, -0.1) is 0 Å². The molecule has 1 fully saturated rings. The standard InChI is InChI=1S/C16H33OS/c1-3-5-13-18(14-6-4-2)15-12-17-16-10-8-7-9-11-16/h16H,3-15H2,1-2H3/q+1. The van der Waals surface area contributed by atoms with Gasteiger partial charge in [0.15, 0.2) is 0 Å². The van der Waals surface area contributed by atoms with Crippen LogP contribution in [-0.4, -0.2) is 30.0 Å². The molecule has 18 heavy (non-hydrogen) atoms. The largest absolute Gasteiger partial charge is 0.373 e. The molecule has 1 saturated carbocycles. The summed E-state index contributed by atoms with van der Waals surface area (Å²) in [5, 5.41) is 0.